The van der Waals surface area contributed by atoms with E-state index in [1.165, 1.54) is 43.1 Å². The lowest BCUT2D eigenvalue weighted by Crippen LogP contribution is -1.85. The van der Waals surface area contributed by atoms with Gasteiger partial charge in [-0.1, -0.05) is 72.8 Å². The molecule has 0 amide bonds. The Bertz CT molecular complexity index is 1080. The predicted octanol–water partition coefficient (Wildman–Crippen LogP) is 4.81. The van der Waals surface area contributed by atoms with E-state index in [0.29, 0.717) is 0 Å². The fraction of sp³-hybridized carbons (Fsp3) is 0. The zero-order chi connectivity index (χ0) is 17.6. The maximum Gasteiger partial charge on any atom is 0.466 e. The van der Waals surface area contributed by atoms with Gasteiger partial charge in [-0.05, 0) is 43.1 Å². The number of rotatable bonds is 0. The molecule has 0 saturated heterocycles. The van der Waals surface area contributed by atoms with Crippen molar-refractivity contribution in [2.75, 3.05) is 0 Å². The summed E-state index contributed by atoms with van der Waals surface area (Å²) in [4.78, 5) is 21.6. The highest BCUT2D eigenvalue weighted by Crippen LogP contribution is 2.39. The Morgan fingerprint density at radius 3 is 1.00 bits per heavy atom. The molecule has 0 atom stereocenters. The van der Waals surface area contributed by atoms with Gasteiger partial charge in [0.05, 0.1) is 0 Å². The molecule has 0 spiro atoms. The third-order valence-electron chi connectivity index (χ3n) is 4.39. The number of hydrogen-bond donors (Lipinski definition) is 3. The Morgan fingerprint density at radius 1 is 0.520 bits per heavy atom. The van der Waals surface area contributed by atoms with Crippen LogP contribution in [0.3, 0.4) is 0 Å². The zero-order valence-corrected chi connectivity index (χ0v) is 14.0. The average molecular weight is 350 g/mol. The summed E-state index contributed by atoms with van der Waals surface area (Å²) in [6.07, 6.45) is 0. The normalized spacial score (nSPS) is 12.0. The summed E-state index contributed by atoms with van der Waals surface area (Å²) < 4.78 is 8.88. The monoisotopic (exact) mass is 350 g/mol. The number of phosphoric acid groups is 1. The summed E-state index contributed by atoms with van der Waals surface area (Å²) in [5.74, 6) is 0. The van der Waals surface area contributed by atoms with E-state index < -0.39 is 7.82 Å². The first-order chi connectivity index (χ1) is 11.9. The molecule has 5 aromatic carbocycles. The Morgan fingerprint density at radius 2 is 0.760 bits per heavy atom. The van der Waals surface area contributed by atoms with Gasteiger partial charge in [-0.25, -0.2) is 4.57 Å². The largest absolute Gasteiger partial charge is 0.466 e. The fourth-order valence-electron chi connectivity index (χ4n) is 3.58. The van der Waals surface area contributed by atoms with Crippen LogP contribution in [0.2, 0.25) is 0 Å². The van der Waals surface area contributed by atoms with E-state index in [4.69, 9.17) is 19.2 Å². The van der Waals surface area contributed by atoms with Crippen LogP contribution in [0.1, 0.15) is 0 Å². The highest BCUT2D eigenvalue weighted by molar-refractivity contribution is 7.45. The first-order valence-electron chi connectivity index (χ1n) is 7.76. The lowest BCUT2D eigenvalue weighted by atomic mass is 9.90. The van der Waals surface area contributed by atoms with Gasteiger partial charge < -0.3 is 14.7 Å². The molecule has 0 aliphatic heterocycles. The summed E-state index contributed by atoms with van der Waals surface area (Å²) in [6, 6.07) is 26.4. The van der Waals surface area contributed by atoms with Gasteiger partial charge in [0, 0.05) is 0 Å². The van der Waals surface area contributed by atoms with Crippen LogP contribution in [0.25, 0.3) is 43.1 Å². The molecule has 0 aliphatic rings. The zero-order valence-electron chi connectivity index (χ0n) is 13.1. The maximum atomic E-state index is 8.88. The lowest BCUT2D eigenvalue weighted by Gasteiger charge is -2.13. The van der Waals surface area contributed by atoms with Crippen molar-refractivity contribution in [2.24, 2.45) is 0 Å². The molecule has 0 aliphatic carbocycles. The molecule has 5 aromatic rings. The second kappa shape index (κ2) is 5.80. The summed E-state index contributed by atoms with van der Waals surface area (Å²) in [6.45, 7) is 0. The third kappa shape index (κ3) is 2.86. The Kier molecular flexibility index (Phi) is 3.71. The van der Waals surface area contributed by atoms with E-state index in [9.17, 15) is 0 Å². The van der Waals surface area contributed by atoms with Crippen LogP contribution in [0.5, 0.6) is 0 Å². The van der Waals surface area contributed by atoms with E-state index in [0.717, 1.165) is 0 Å². The first kappa shape index (κ1) is 16.0. The fourth-order valence-corrected chi connectivity index (χ4v) is 3.58. The van der Waals surface area contributed by atoms with Crippen LogP contribution in [0, 0.1) is 0 Å². The molecular weight excluding hydrogens is 335 g/mol. The van der Waals surface area contributed by atoms with Crippen molar-refractivity contribution in [2.45, 2.75) is 0 Å². The molecule has 5 heteroatoms. The maximum absolute atomic E-state index is 8.88. The second-order valence-electron chi connectivity index (χ2n) is 5.93. The van der Waals surface area contributed by atoms with Gasteiger partial charge in [-0.3, -0.25) is 0 Å². The molecular formula is C20H15O4P. The standard InChI is InChI=1S/C20H12.H3O4P/c1-5-13-6-2-11-17-18-12-4-8-14-7-3-10-16(20(14)18)15(9-1)19(13)17;1-5(2,3)4/h1-12H;(H3,1,2,3,4). The van der Waals surface area contributed by atoms with Gasteiger partial charge in [-0.15, -0.1) is 0 Å². The van der Waals surface area contributed by atoms with Crippen molar-refractivity contribution in [1.29, 1.82) is 0 Å². The van der Waals surface area contributed by atoms with Crippen molar-refractivity contribution in [3.8, 4) is 0 Å². The summed E-state index contributed by atoms with van der Waals surface area (Å²) >= 11 is 0. The molecule has 5 rings (SSSR count). The highest BCUT2D eigenvalue weighted by atomic mass is 31.2. The quantitative estimate of drug-likeness (QED) is 0.213. The Labute approximate surface area is 143 Å². The number of benzene rings is 5. The molecule has 0 unspecified atom stereocenters. The Balaban J connectivity index is 0.000000280. The van der Waals surface area contributed by atoms with Crippen LogP contribution >= 0.6 is 7.82 Å². The first-order valence-corrected chi connectivity index (χ1v) is 9.32. The van der Waals surface area contributed by atoms with Crippen molar-refractivity contribution in [1.82, 2.24) is 0 Å². The minimum Gasteiger partial charge on any atom is -0.303 e. The summed E-state index contributed by atoms with van der Waals surface area (Å²) in [5.41, 5.74) is 0. The minimum absolute atomic E-state index is 1.33. The van der Waals surface area contributed by atoms with Crippen molar-refractivity contribution in [3.63, 3.8) is 0 Å². The molecule has 4 nitrogen and oxygen atoms in total. The molecule has 25 heavy (non-hydrogen) atoms. The van der Waals surface area contributed by atoms with Crippen LogP contribution in [-0.2, 0) is 4.57 Å². The third-order valence-corrected chi connectivity index (χ3v) is 4.39. The molecule has 0 fully saturated rings. The van der Waals surface area contributed by atoms with Crippen LogP contribution in [0.15, 0.2) is 72.8 Å². The highest BCUT2D eigenvalue weighted by Gasteiger charge is 2.11. The van der Waals surface area contributed by atoms with Gasteiger partial charge in [0.25, 0.3) is 0 Å². The minimum atomic E-state index is -4.64. The van der Waals surface area contributed by atoms with E-state index in [1.807, 2.05) is 0 Å². The summed E-state index contributed by atoms with van der Waals surface area (Å²) in [7, 11) is -4.64. The van der Waals surface area contributed by atoms with Gasteiger partial charge in [0.2, 0.25) is 0 Å². The van der Waals surface area contributed by atoms with Crippen LogP contribution < -0.4 is 0 Å². The van der Waals surface area contributed by atoms with Gasteiger partial charge in [0.1, 0.15) is 0 Å². The Hall–Kier alpha value is -2.49. The molecule has 0 aromatic heterocycles. The number of fused-ring (bicyclic) bond motifs is 2. The van der Waals surface area contributed by atoms with Crippen molar-refractivity contribution >= 4 is 50.9 Å². The smallest absolute Gasteiger partial charge is 0.303 e. The van der Waals surface area contributed by atoms with E-state index in [2.05, 4.69) is 72.8 Å². The topological polar surface area (TPSA) is 77.8 Å². The van der Waals surface area contributed by atoms with Crippen LogP contribution in [-0.4, -0.2) is 14.7 Å². The van der Waals surface area contributed by atoms with Crippen molar-refractivity contribution < 1.29 is 19.2 Å². The average Bonchev–Trinajstić information content (AvgIpc) is 2.58. The van der Waals surface area contributed by atoms with E-state index in [1.54, 1.807) is 0 Å². The molecule has 0 radical (unpaired) electrons. The van der Waals surface area contributed by atoms with Crippen molar-refractivity contribution in [3.05, 3.63) is 72.8 Å². The van der Waals surface area contributed by atoms with E-state index in [-0.39, 0.29) is 0 Å². The number of hydrogen-bond acceptors (Lipinski definition) is 1. The van der Waals surface area contributed by atoms with Gasteiger partial charge in [0.15, 0.2) is 0 Å². The molecule has 0 bridgehead atoms. The van der Waals surface area contributed by atoms with Gasteiger partial charge >= 0.3 is 7.82 Å². The molecule has 0 saturated carbocycles. The molecule has 124 valence electrons. The van der Waals surface area contributed by atoms with E-state index >= 15 is 0 Å². The molecule has 3 N–H and O–H groups in total. The summed E-state index contributed by atoms with van der Waals surface area (Å²) in [5, 5.41) is 10.9. The van der Waals surface area contributed by atoms with Crippen LogP contribution in [0.4, 0.5) is 0 Å². The van der Waals surface area contributed by atoms with Gasteiger partial charge in [-0.2, -0.15) is 0 Å². The second-order valence-corrected chi connectivity index (χ2v) is 6.96. The molecule has 0 heterocycles. The SMILES string of the molecule is O=P(O)(O)O.c1cc2cccc3c4cccc5cccc(c(c1)c23)c54. The lowest BCUT2D eigenvalue weighted by molar-refractivity contribution is 0.275. The predicted molar refractivity (Wildman–Crippen MR) is 102 cm³/mol.